The minimum absolute atomic E-state index is 0.923. The van der Waals surface area contributed by atoms with Crippen molar-refractivity contribution in [2.75, 3.05) is 0 Å². The molecule has 2 heteroatoms. The number of hydrogen-bond donors (Lipinski definition) is 0. The van der Waals surface area contributed by atoms with Crippen molar-refractivity contribution in [1.29, 1.82) is 0 Å². The Morgan fingerprint density at radius 1 is 0.386 bits per heavy atom. The summed E-state index contributed by atoms with van der Waals surface area (Å²) in [5.41, 5.74) is 18.0. The van der Waals surface area contributed by atoms with Crippen LogP contribution in [0.4, 0.5) is 11.4 Å². The molecule has 0 radical (unpaired) electrons. The number of benzene rings is 6. The first kappa shape index (κ1) is 27.7. The van der Waals surface area contributed by atoms with Crippen LogP contribution in [-0.4, -0.2) is 11.4 Å². The minimum atomic E-state index is 0.923. The molecule has 1 aliphatic rings. The molecule has 0 bridgehead atoms. The Hall–Kier alpha value is -5.08. The number of hydrogen-bond acceptors (Lipinski definition) is 2. The lowest BCUT2D eigenvalue weighted by Gasteiger charge is -2.15. The van der Waals surface area contributed by atoms with E-state index in [9.17, 15) is 0 Å². The minimum Gasteiger partial charge on any atom is -0.245 e. The summed E-state index contributed by atoms with van der Waals surface area (Å²) in [4.78, 5) is 11.1. The van der Waals surface area contributed by atoms with Crippen molar-refractivity contribution in [3.05, 3.63) is 154 Å². The third-order valence-electron chi connectivity index (χ3n) is 8.70. The molecule has 0 N–H and O–H groups in total. The highest BCUT2D eigenvalue weighted by Crippen LogP contribution is 2.41. The molecule has 2 nitrogen and oxygen atoms in total. The molecular formula is C42H36N2. The highest BCUT2D eigenvalue weighted by atomic mass is 14.8. The second-order valence-electron chi connectivity index (χ2n) is 12.3. The average Bonchev–Trinajstić information content (AvgIpc) is 3.30. The molecule has 214 valence electrons. The maximum atomic E-state index is 5.56. The van der Waals surface area contributed by atoms with Crippen LogP contribution in [0.25, 0.3) is 33.0 Å². The standard InChI is InChI=1S/C42H36N2/c1-25-13-17-31(18-14-25)36-23-27(3)21-29(5)39(36)43-41-34-11-7-9-33-10-8-12-35(38(33)34)42(41)44-40-30(6)22-28(4)24-37(40)32-19-15-26(2)16-20-32/h7-24H,1-6H3. The molecule has 1 aliphatic carbocycles. The van der Waals surface area contributed by atoms with Gasteiger partial charge in [-0.3, -0.25) is 0 Å². The molecule has 0 heterocycles. The summed E-state index contributed by atoms with van der Waals surface area (Å²) in [5, 5.41) is 2.42. The van der Waals surface area contributed by atoms with E-state index in [4.69, 9.17) is 9.98 Å². The molecule has 0 saturated carbocycles. The fourth-order valence-electron chi connectivity index (χ4n) is 6.56. The van der Waals surface area contributed by atoms with E-state index in [0.29, 0.717) is 0 Å². The van der Waals surface area contributed by atoms with Gasteiger partial charge in [-0.2, -0.15) is 0 Å². The molecule has 0 fully saturated rings. The molecule has 0 atom stereocenters. The fraction of sp³-hybridized carbons (Fsp3) is 0.143. The third kappa shape index (κ3) is 4.87. The summed E-state index contributed by atoms with van der Waals surface area (Å²) in [5.74, 6) is 0. The van der Waals surface area contributed by atoms with Crippen LogP contribution in [0.15, 0.2) is 119 Å². The quantitative estimate of drug-likeness (QED) is 0.202. The van der Waals surface area contributed by atoms with Gasteiger partial charge in [0, 0.05) is 27.6 Å². The van der Waals surface area contributed by atoms with Crippen molar-refractivity contribution in [3.63, 3.8) is 0 Å². The molecule has 6 aromatic carbocycles. The Kier molecular flexibility index (Phi) is 6.86. The van der Waals surface area contributed by atoms with Crippen LogP contribution in [0, 0.1) is 41.5 Å². The SMILES string of the molecule is Cc1ccc(-c2cc(C)cc(C)c2N=C2C(=Nc3c(C)cc(C)cc3-c3ccc(C)cc3)c3cccc4cccc2c34)cc1. The molecule has 0 amide bonds. The molecule has 44 heavy (non-hydrogen) atoms. The lowest BCUT2D eigenvalue weighted by molar-refractivity contribution is 1.34. The van der Waals surface area contributed by atoms with Gasteiger partial charge >= 0.3 is 0 Å². The lowest BCUT2D eigenvalue weighted by Crippen LogP contribution is -2.11. The van der Waals surface area contributed by atoms with E-state index in [1.165, 1.54) is 44.2 Å². The summed E-state index contributed by atoms with van der Waals surface area (Å²) in [6, 6.07) is 39.6. The molecule has 7 rings (SSSR count). The van der Waals surface area contributed by atoms with Gasteiger partial charge in [0.15, 0.2) is 0 Å². The Labute approximate surface area is 260 Å². The van der Waals surface area contributed by atoms with E-state index < -0.39 is 0 Å². The van der Waals surface area contributed by atoms with Crippen LogP contribution in [0.3, 0.4) is 0 Å². The average molecular weight is 569 g/mol. The largest absolute Gasteiger partial charge is 0.245 e. The smallest absolute Gasteiger partial charge is 0.0979 e. The first-order chi connectivity index (χ1) is 21.3. The maximum Gasteiger partial charge on any atom is 0.0979 e. The molecule has 0 aromatic heterocycles. The van der Waals surface area contributed by atoms with E-state index in [2.05, 4.69) is 151 Å². The topological polar surface area (TPSA) is 24.7 Å². The predicted molar refractivity (Wildman–Crippen MR) is 189 cm³/mol. The van der Waals surface area contributed by atoms with E-state index in [1.54, 1.807) is 0 Å². The Bertz CT molecular complexity index is 1990. The maximum absolute atomic E-state index is 5.56. The predicted octanol–water partition coefficient (Wildman–Crippen LogP) is 11.3. The third-order valence-corrected chi connectivity index (χ3v) is 8.70. The van der Waals surface area contributed by atoms with Crippen LogP contribution >= 0.6 is 0 Å². The van der Waals surface area contributed by atoms with E-state index >= 15 is 0 Å². The number of aryl methyl sites for hydroxylation is 6. The molecule has 0 saturated heterocycles. The fourth-order valence-corrected chi connectivity index (χ4v) is 6.56. The first-order valence-corrected chi connectivity index (χ1v) is 15.3. The van der Waals surface area contributed by atoms with Crippen molar-refractivity contribution in [3.8, 4) is 22.3 Å². The first-order valence-electron chi connectivity index (χ1n) is 15.3. The highest BCUT2D eigenvalue weighted by molar-refractivity contribution is 6.61. The number of rotatable bonds is 4. The molecule has 0 aliphatic heterocycles. The van der Waals surface area contributed by atoms with Gasteiger partial charge in [-0.15, -0.1) is 0 Å². The zero-order valence-corrected chi connectivity index (χ0v) is 26.3. The zero-order valence-electron chi connectivity index (χ0n) is 26.3. The number of nitrogens with zero attached hydrogens (tertiary/aromatic N) is 2. The van der Waals surface area contributed by atoms with Crippen molar-refractivity contribution in [2.45, 2.75) is 41.5 Å². The van der Waals surface area contributed by atoms with Gasteiger partial charge in [-0.05, 0) is 81.3 Å². The van der Waals surface area contributed by atoms with Crippen LogP contribution in [0.5, 0.6) is 0 Å². The summed E-state index contributed by atoms with van der Waals surface area (Å²) < 4.78 is 0. The summed E-state index contributed by atoms with van der Waals surface area (Å²) in [6.07, 6.45) is 0. The van der Waals surface area contributed by atoms with E-state index in [1.807, 2.05) is 0 Å². The molecular weight excluding hydrogens is 532 g/mol. The van der Waals surface area contributed by atoms with Gasteiger partial charge in [0.2, 0.25) is 0 Å². The normalized spacial score (nSPS) is 14.2. The summed E-state index contributed by atoms with van der Waals surface area (Å²) >= 11 is 0. The zero-order chi connectivity index (χ0) is 30.5. The van der Waals surface area contributed by atoms with E-state index in [0.717, 1.165) is 56.2 Å². The summed E-state index contributed by atoms with van der Waals surface area (Å²) in [7, 11) is 0. The van der Waals surface area contributed by atoms with Gasteiger partial charge in [0.1, 0.15) is 0 Å². The molecule has 0 spiro atoms. The molecule has 6 aromatic rings. The van der Waals surface area contributed by atoms with Gasteiger partial charge in [-0.1, -0.05) is 119 Å². The van der Waals surface area contributed by atoms with Crippen molar-refractivity contribution >= 4 is 33.6 Å². The second kappa shape index (κ2) is 10.9. The van der Waals surface area contributed by atoms with Crippen LogP contribution in [0.2, 0.25) is 0 Å². The van der Waals surface area contributed by atoms with Gasteiger partial charge in [-0.25, -0.2) is 9.98 Å². The van der Waals surface area contributed by atoms with Crippen molar-refractivity contribution in [2.24, 2.45) is 9.98 Å². The van der Waals surface area contributed by atoms with Gasteiger partial charge in [0.05, 0.1) is 22.8 Å². The van der Waals surface area contributed by atoms with E-state index in [-0.39, 0.29) is 0 Å². The van der Waals surface area contributed by atoms with Crippen LogP contribution in [-0.2, 0) is 0 Å². The van der Waals surface area contributed by atoms with Crippen molar-refractivity contribution < 1.29 is 0 Å². The monoisotopic (exact) mass is 568 g/mol. The summed E-state index contributed by atoms with van der Waals surface area (Å²) in [6.45, 7) is 12.9. The molecule has 0 unspecified atom stereocenters. The second-order valence-corrected chi connectivity index (χ2v) is 12.3. The van der Waals surface area contributed by atoms with Crippen LogP contribution < -0.4 is 0 Å². The van der Waals surface area contributed by atoms with Gasteiger partial charge in [0.25, 0.3) is 0 Å². The Morgan fingerprint density at radius 3 is 1.20 bits per heavy atom. The lowest BCUT2D eigenvalue weighted by atomic mass is 9.96. The van der Waals surface area contributed by atoms with Gasteiger partial charge < -0.3 is 0 Å². The van der Waals surface area contributed by atoms with Crippen LogP contribution in [0.1, 0.15) is 44.5 Å². The Balaban J connectivity index is 1.52. The number of aliphatic imine (C=N–C) groups is 2. The van der Waals surface area contributed by atoms with Crippen molar-refractivity contribution in [1.82, 2.24) is 0 Å². The Morgan fingerprint density at radius 2 is 0.795 bits per heavy atom. The highest BCUT2D eigenvalue weighted by Gasteiger charge is 2.28.